The smallest absolute Gasteiger partial charge is 0.360 e. The first-order valence-corrected chi connectivity index (χ1v) is 5.48. The first-order chi connectivity index (χ1) is 7.72. The minimum absolute atomic E-state index is 0.0981. The Kier molecular flexibility index (Phi) is 3.19. The molecule has 2 rings (SSSR count). The second kappa shape index (κ2) is 4.61. The molecule has 1 fully saturated rings. The third kappa shape index (κ3) is 2.06. The second-order valence-electron chi connectivity index (χ2n) is 4.09. The highest BCUT2D eigenvalue weighted by atomic mass is 16.5. The summed E-state index contributed by atoms with van der Waals surface area (Å²) in [5, 5.41) is 7.72. The van der Waals surface area contributed by atoms with Crippen molar-refractivity contribution < 1.29 is 9.53 Å². The Morgan fingerprint density at radius 3 is 3.00 bits per heavy atom. The van der Waals surface area contributed by atoms with Crippen molar-refractivity contribution in [1.82, 2.24) is 15.0 Å². The number of esters is 1. The average molecular weight is 224 g/mol. The van der Waals surface area contributed by atoms with E-state index >= 15 is 0 Å². The van der Waals surface area contributed by atoms with Gasteiger partial charge in [0.15, 0.2) is 5.69 Å². The molecule has 88 valence electrons. The van der Waals surface area contributed by atoms with Gasteiger partial charge in [-0.3, -0.25) is 0 Å². The lowest BCUT2D eigenvalue weighted by molar-refractivity contribution is 0.0594. The predicted molar refractivity (Wildman–Crippen MR) is 56.8 cm³/mol. The highest BCUT2D eigenvalue weighted by molar-refractivity contribution is 5.86. The van der Waals surface area contributed by atoms with Gasteiger partial charge in [-0.1, -0.05) is 18.1 Å². The number of carbonyl (C=O) groups excluding carboxylic acids is 1. The van der Waals surface area contributed by atoms with Crippen LogP contribution in [0.3, 0.4) is 0 Å². The molecule has 1 heterocycles. The van der Waals surface area contributed by atoms with Crippen LogP contribution in [0.5, 0.6) is 0 Å². The van der Waals surface area contributed by atoms with Crippen molar-refractivity contribution in [3.05, 3.63) is 11.9 Å². The van der Waals surface area contributed by atoms with E-state index in [0.29, 0.717) is 0 Å². The number of methoxy groups -OCH3 is 1. The molecular weight excluding hydrogens is 208 g/mol. The standard InChI is InChI=1S/C10H16N4O2/c1-16-10(15)8-6-14(13-12-8)9-5-3-2-4-7(9)11/h6-7,9H,2-5,11H2,1H3/t7-,9+/m1/s1. The van der Waals surface area contributed by atoms with Crippen molar-refractivity contribution in [2.45, 2.75) is 37.8 Å². The topological polar surface area (TPSA) is 83.0 Å². The fraction of sp³-hybridized carbons (Fsp3) is 0.700. The summed E-state index contributed by atoms with van der Waals surface area (Å²) in [6.45, 7) is 0. The van der Waals surface area contributed by atoms with Crippen LogP contribution in [0.25, 0.3) is 0 Å². The summed E-state index contributed by atoms with van der Waals surface area (Å²) in [6, 6.07) is 0.251. The number of hydrogen-bond donors (Lipinski definition) is 1. The van der Waals surface area contributed by atoms with E-state index in [9.17, 15) is 4.79 Å². The van der Waals surface area contributed by atoms with Crippen molar-refractivity contribution >= 4 is 5.97 Å². The number of rotatable bonds is 2. The first kappa shape index (κ1) is 11.1. The summed E-state index contributed by atoms with van der Waals surface area (Å²) < 4.78 is 6.27. The summed E-state index contributed by atoms with van der Waals surface area (Å²) in [5.41, 5.74) is 6.26. The van der Waals surface area contributed by atoms with Gasteiger partial charge in [-0.05, 0) is 12.8 Å². The third-order valence-corrected chi connectivity index (χ3v) is 3.03. The quantitative estimate of drug-likeness (QED) is 0.740. The summed E-state index contributed by atoms with van der Waals surface area (Å²) in [6.07, 6.45) is 5.91. The monoisotopic (exact) mass is 224 g/mol. The van der Waals surface area contributed by atoms with Gasteiger partial charge < -0.3 is 10.5 Å². The third-order valence-electron chi connectivity index (χ3n) is 3.03. The number of carbonyl (C=O) groups is 1. The van der Waals surface area contributed by atoms with Gasteiger partial charge in [0.1, 0.15) is 0 Å². The van der Waals surface area contributed by atoms with Gasteiger partial charge in [0, 0.05) is 6.04 Å². The van der Waals surface area contributed by atoms with E-state index in [-0.39, 0.29) is 17.8 Å². The Balaban J connectivity index is 2.14. The Morgan fingerprint density at radius 2 is 2.31 bits per heavy atom. The molecular formula is C10H16N4O2. The number of hydrogen-bond acceptors (Lipinski definition) is 5. The molecule has 2 atom stereocenters. The van der Waals surface area contributed by atoms with E-state index in [1.165, 1.54) is 7.11 Å². The van der Waals surface area contributed by atoms with E-state index in [2.05, 4.69) is 15.0 Å². The van der Waals surface area contributed by atoms with Crippen LogP contribution in [0.2, 0.25) is 0 Å². The van der Waals surface area contributed by atoms with Crippen LogP contribution in [0.4, 0.5) is 0 Å². The zero-order chi connectivity index (χ0) is 11.5. The van der Waals surface area contributed by atoms with Crippen molar-refractivity contribution in [3.63, 3.8) is 0 Å². The van der Waals surface area contributed by atoms with Crippen LogP contribution in [-0.2, 0) is 4.74 Å². The van der Waals surface area contributed by atoms with E-state index in [0.717, 1.165) is 25.7 Å². The Bertz CT molecular complexity index is 377. The molecule has 0 radical (unpaired) electrons. The van der Waals surface area contributed by atoms with Crippen molar-refractivity contribution in [2.24, 2.45) is 5.73 Å². The van der Waals surface area contributed by atoms with Gasteiger partial charge in [-0.15, -0.1) is 5.10 Å². The number of aromatic nitrogens is 3. The molecule has 6 heteroatoms. The highest BCUT2D eigenvalue weighted by Crippen LogP contribution is 2.26. The SMILES string of the molecule is COC(=O)c1cn([C@H]2CCCC[C@H]2N)nn1. The van der Waals surface area contributed by atoms with E-state index in [1.54, 1.807) is 10.9 Å². The molecule has 1 aliphatic rings. The molecule has 1 saturated carbocycles. The molecule has 0 bridgehead atoms. The fourth-order valence-corrected chi connectivity index (χ4v) is 2.11. The minimum atomic E-state index is -0.462. The largest absolute Gasteiger partial charge is 0.464 e. The summed E-state index contributed by atoms with van der Waals surface area (Å²) in [5.74, 6) is -0.462. The lowest BCUT2D eigenvalue weighted by Gasteiger charge is -2.28. The average Bonchev–Trinajstić information content (AvgIpc) is 2.78. The van der Waals surface area contributed by atoms with Gasteiger partial charge >= 0.3 is 5.97 Å². The maximum absolute atomic E-state index is 11.2. The van der Waals surface area contributed by atoms with Crippen LogP contribution >= 0.6 is 0 Å². The number of nitrogens with zero attached hydrogens (tertiary/aromatic N) is 3. The molecule has 0 spiro atoms. The summed E-state index contributed by atoms with van der Waals surface area (Å²) >= 11 is 0. The Morgan fingerprint density at radius 1 is 1.56 bits per heavy atom. The molecule has 6 nitrogen and oxygen atoms in total. The highest BCUT2D eigenvalue weighted by Gasteiger charge is 2.25. The van der Waals surface area contributed by atoms with Crippen molar-refractivity contribution in [1.29, 1.82) is 0 Å². The van der Waals surface area contributed by atoms with Crippen LogP contribution in [0.15, 0.2) is 6.20 Å². The lowest BCUT2D eigenvalue weighted by Crippen LogP contribution is -2.35. The van der Waals surface area contributed by atoms with Gasteiger partial charge in [0.25, 0.3) is 0 Å². The van der Waals surface area contributed by atoms with Gasteiger partial charge in [-0.25, -0.2) is 9.48 Å². The van der Waals surface area contributed by atoms with E-state index < -0.39 is 5.97 Å². The second-order valence-corrected chi connectivity index (χ2v) is 4.09. The molecule has 0 unspecified atom stereocenters. The normalized spacial score (nSPS) is 25.4. The lowest BCUT2D eigenvalue weighted by atomic mass is 9.91. The van der Waals surface area contributed by atoms with Gasteiger partial charge in [-0.2, -0.15) is 0 Å². The Hall–Kier alpha value is -1.43. The zero-order valence-electron chi connectivity index (χ0n) is 9.30. The first-order valence-electron chi connectivity index (χ1n) is 5.48. The van der Waals surface area contributed by atoms with Crippen LogP contribution < -0.4 is 5.73 Å². The van der Waals surface area contributed by atoms with Crippen LogP contribution in [-0.4, -0.2) is 34.1 Å². The summed E-state index contributed by atoms with van der Waals surface area (Å²) in [4.78, 5) is 11.2. The molecule has 16 heavy (non-hydrogen) atoms. The van der Waals surface area contributed by atoms with E-state index in [1.807, 2.05) is 0 Å². The molecule has 0 amide bonds. The number of ether oxygens (including phenoxy) is 1. The fourth-order valence-electron chi connectivity index (χ4n) is 2.11. The maximum Gasteiger partial charge on any atom is 0.360 e. The summed E-state index contributed by atoms with van der Waals surface area (Å²) in [7, 11) is 1.33. The van der Waals surface area contributed by atoms with Crippen molar-refractivity contribution in [2.75, 3.05) is 7.11 Å². The van der Waals surface area contributed by atoms with E-state index in [4.69, 9.17) is 5.73 Å². The Labute approximate surface area is 93.8 Å². The van der Waals surface area contributed by atoms with Crippen LogP contribution in [0, 0.1) is 0 Å². The van der Waals surface area contributed by atoms with Gasteiger partial charge in [0.05, 0.1) is 19.3 Å². The molecule has 2 N–H and O–H groups in total. The molecule has 0 aliphatic heterocycles. The van der Waals surface area contributed by atoms with Crippen LogP contribution in [0.1, 0.15) is 42.2 Å². The van der Waals surface area contributed by atoms with Gasteiger partial charge in [0.2, 0.25) is 0 Å². The molecule has 0 saturated heterocycles. The molecule has 1 aliphatic carbocycles. The number of nitrogens with two attached hydrogens (primary N) is 1. The predicted octanol–water partition coefficient (Wildman–Crippen LogP) is 0.507. The zero-order valence-corrected chi connectivity index (χ0v) is 9.30. The maximum atomic E-state index is 11.2. The van der Waals surface area contributed by atoms with Crippen molar-refractivity contribution in [3.8, 4) is 0 Å². The minimum Gasteiger partial charge on any atom is -0.464 e. The molecule has 1 aromatic heterocycles. The molecule has 1 aromatic rings. The molecule has 0 aromatic carbocycles.